The molecule has 0 heterocycles. The van der Waals surface area contributed by atoms with Crippen molar-refractivity contribution in [2.24, 2.45) is 0 Å². The van der Waals surface area contributed by atoms with Crippen LogP contribution >= 0.6 is 0 Å². The second kappa shape index (κ2) is 8.83. The van der Waals surface area contributed by atoms with Gasteiger partial charge in [-0.25, -0.2) is 0 Å². The summed E-state index contributed by atoms with van der Waals surface area (Å²) in [5, 5.41) is 2.96. The highest BCUT2D eigenvalue weighted by molar-refractivity contribution is 5.76. The number of methoxy groups -OCH3 is 1. The maximum absolute atomic E-state index is 12.1. The van der Waals surface area contributed by atoms with Crippen LogP contribution in [0, 0.1) is 0 Å². The molecule has 0 aliphatic heterocycles. The van der Waals surface area contributed by atoms with Gasteiger partial charge in [-0.2, -0.15) is 0 Å². The number of amides is 1. The number of hydrogen-bond donors (Lipinski definition) is 1. The van der Waals surface area contributed by atoms with Crippen LogP contribution in [-0.4, -0.2) is 26.1 Å². The number of nitrogens with zero attached hydrogens (tertiary/aromatic N) is 1. The van der Waals surface area contributed by atoms with Gasteiger partial charge in [-0.3, -0.25) is 4.79 Å². The summed E-state index contributed by atoms with van der Waals surface area (Å²) in [6, 6.07) is 17.9. The third-order valence-corrected chi connectivity index (χ3v) is 3.78. The maximum atomic E-state index is 12.1. The Balaban J connectivity index is 1.83. The highest BCUT2D eigenvalue weighted by atomic mass is 16.5. The second-order valence-electron chi connectivity index (χ2n) is 5.25. The van der Waals surface area contributed by atoms with Crippen LogP contribution in [0.5, 0.6) is 5.75 Å². The largest absolute Gasteiger partial charge is 0.496 e. The molecule has 0 unspecified atom stereocenters. The monoisotopic (exact) mass is 312 g/mol. The first kappa shape index (κ1) is 16.9. The van der Waals surface area contributed by atoms with E-state index in [2.05, 4.69) is 29.3 Å². The van der Waals surface area contributed by atoms with E-state index in [1.807, 2.05) is 42.5 Å². The summed E-state index contributed by atoms with van der Waals surface area (Å²) in [6.07, 6.45) is 0.470. The summed E-state index contributed by atoms with van der Waals surface area (Å²) in [6.45, 7) is 4.17. The van der Waals surface area contributed by atoms with Crippen LogP contribution in [0.15, 0.2) is 54.6 Å². The van der Waals surface area contributed by atoms with E-state index in [4.69, 9.17) is 4.74 Å². The Morgan fingerprint density at radius 3 is 2.48 bits per heavy atom. The summed E-state index contributed by atoms with van der Waals surface area (Å²) in [7, 11) is 1.64. The number of para-hydroxylation sites is 2. The normalized spacial score (nSPS) is 10.2. The van der Waals surface area contributed by atoms with Crippen LogP contribution in [0.2, 0.25) is 0 Å². The Labute approximate surface area is 138 Å². The fourth-order valence-electron chi connectivity index (χ4n) is 2.48. The number of carbonyl (C=O) groups is 1. The van der Waals surface area contributed by atoms with Gasteiger partial charge in [0.2, 0.25) is 5.91 Å². The summed E-state index contributed by atoms with van der Waals surface area (Å²) in [4.78, 5) is 14.3. The summed E-state index contributed by atoms with van der Waals surface area (Å²) in [5.74, 6) is 0.845. The Hall–Kier alpha value is -2.49. The lowest BCUT2D eigenvalue weighted by molar-refractivity contribution is -0.121. The lowest BCUT2D eigenvalue weighted by atomic mass is 10.2. The van der Waals surface area contributed by atoms with Crippen LogP contribution in [0.1, 0.15) is 18.9 Å². The van der Waals surface area contributed by atoms with Gasteiger partial charge in [0, 0.05) is 37.3 Å². The lowest BCUT2D eigenvalue weighted by Crippen LogP contribution is -2.30. The summed E-state index contributed by atoms with van der Waals surface area (Å²) >= 11 is 0. The van der Waals surface area contributed by atoms with Gasteiger partial charge in [-0.05, 0) is 25.1 Å². The number of nitrogens with one attached hydrogen (secondary N) is 1. The molecule has 0 aliphatic rings. The van der Waals surface area contributed by atoms with Gasteiger partial charge < -0.3 is 15.0 Å². The molecule has 0 radical (unpaired) electrons. The van der Waals surface area contributed by atoms with E-state index in [-0.39, 0.29) is 5.91 Å². The van der Waals surface area contributed by atoms with Crippen molar-refractivity contribution in [2.45, 2.75) is 19.9 Å². The Bertz CT molecular complexity index is 614. The fourth-order valence-corrected chi connectivity index (χ4v) is 2.48. The van der Waals surface area contributed by atoms with Gasteiger partial charge >= 0.3 is 0 Å². The molecule has 122 valence electrons. The van der Waals surface area contributed by atoms with Crippen molar-refractivity contribution in [3.63, 3.8) is 0 Å². The number of anilines is 1. The summed E-state index contributed by atoms with van der Waals surface area (Å²) < 4.78 is 5.29. The molecule has 0 saturated carbocycles. The van der Waals surface area contributed by atoms with E-state index in [9.17, 15) is 4.79 Å². The van der Waals surface area contributed by atoms with Crippen molar-refractivity contribution in [3.05, 3.63) is 60.2 Å². The average molecular weight is 312 g/mol. The van der Waals surface area contributed by atoms with Crippen molar-refractivity contribution in [1.29, 1.82) is 0 Å². The Morgan fingerprint density at radius 1 is 1.09 bits per heavy atom. The van der Waals surface area contributed by atoms with Gasteiger partial charge in [0.15, 0.2) is 0 Å². The first-order valence-corrected chi connectivity index (χ1v) is 7.93. The first-order chi connectivity index (χ1) is 11.2. The summed E-state index contributed by atoms with van der Waals surface area (Å²) in [5.41, 5.74) is 2.13. The molecule has 4 heteroatoms. The molecule has 0 fully saturated rings. The first-order valence-electron chi connectivity index (χ1n) is 7.93. The van der Waals surface area contributed by atoms with Crippen LogP contribution in [0.4, 0.5) is 5.69 Å². The van der Waals surface area contributed by atoms with Crippen LogP contribution in [0.3, 0.4) is 0 Å². The fraction of sp³-hybridized carbons (Fsp3) is 0.316. The highest BCUT2D eigenvalue weighted by Crippen LogP contribution is 2.17. The molecule has 0 aromatic heterocycles. The van der Waals surface area contributed by atoms with E-state index in [0.29, 0.717) is 19.5 Å². The van der Waals surface area contributed by atoms with Gasteiger partial charge in [0.1, 0.15) is 5.75 Å². The van der Waals surface area contributed by atoms with Gasteiger partial charge in [0.05, 0.1) is 7.11 Å². The topological polar surface area (TPSA) is 41.6 Å². The van der Waals surface area contributed by atoms with Crippen molar-refractivity contribution in [2.75, 3.05) is 25.1 Å². The second-order valence-corrected chi connectivity index (χ2v) is 5.25. The smallest absolute Gasteiger partial charge is 0.222 e. The zero-order valence-electron chi connectivity index (χ0n) is 13.8. The van der Waals surface area contributed by atoms with Gasteiger partial charge in [0.25, 0.3) is 0 Å². The molecule has 0 saturated heterocycles. The van der Waals surface area contributed by atoms with Crippen LogP contribution in [-0.2, 0) is 11.3 Å². The van der Waals surface area contributed by atoms with E-state index < -0.39 is 0 Å². The zero-order valence-corrected chi connectivity index (χ0v) is 13.8. The average Bonchev–Trinajstić information content (AvgIpc) is 2.61. The third kappa shape index (κ3) is 5.02. The molecule has 0 bridgehead atoms. The Morgan fingerprint density at radius 2 is 1.78 bits per heavy atom. The van der Waals surface area contributed by atoms with Crippen molar-refractivity contribution in [3.8, 4) is 5.75 Å². The molecule has 0 spiro atoms. The maximum Gasteiger partial charge on any atom is 0.222 e. The molecule has 2 aromatic carbocycles. The van der Waals surface area contributed by atoms with Crippen LogP contribution < -0.4 is 15.0 Å². The standard InChI is InChI=1S/C19H24N2O2/c1-3-21(17-10-5-4-6-11-17)14-13-19(22)20-15-16-9-7-8-12-18(16)23-2/h4-12H,3,13-15H2,1-2H3,(H,20,22). The molecule has 23 heavy (non-hydrogen) atoms. The predicted octanol–water partition coefficient (Wildman–Crippen LogP) is 3.23. The third-order valence-electron chi connectivity index (χ3n) is 3.78. The minimum atomic E-state index is 0.0466. The molecule has 0 aliphatic carbocycles. The van der Waals surface area contributed by atoms with E-state index in [1.165, 1.54) is 0 Å². The number of benzene rings is 2. The molecular formula is C19H24N2O2. The highest BCUT2D eigenvalue weighted by Gasteiger charge is 2.08. The predicted molar refractivity (Wildman–Crippen MR) is 93.8 cm³/mol. The molecule has 1 amide bonds. The molecule has 2 aromatic rings. The number of ether oxygens (including phenoxy) is 1. The minimum Gasteiger partial charge on any atom is -0.496 e. The minimum absolute atomic E-state index is 0.0466. The molecule has 2 rings (SSSR count). The van der Waals surface area contributed by atoms with Gasteiger partial charge in [-0.15, -0.1) is 0 Å². The van der Waals surface area contributed by atoms with E-state index >= 15 is 0 Å². The van der Waals surface area contributed by atoms with Crippen LogP contribution in [0.25, 0.3) is 0 Å². The number of hydrogen-bond acceptors (Lipinski definition) is 3. The SMILES string of the molecule is CCN(CCC(=O)NCc1ccccc1OC)c1ccccc1. The zero-order chi connectivity index (χ0) is 16.5. The van der Waals surface area contributed by atoms with Gasteiger partial charge in [-0.1, -0.05) is 36.4 Å². The quantitative estimate of drug-likeness (QED) is 0.813. The van der Waals surface area contributed by atoms with Crippen molar-refractivity contribution >= 4 is 11.6 Å². The molecule has 4 nitrogen and oxygen atoms in total. The number of carbonyl (C=O) groups excluding carboxylic acids is 1. The van der Waals surface area contributed by atoms with Crippen molar-refractivity contribution < 1.29 is 9.53 Å². The number of rotatable bonds is 8. The van der Waals surface area contributed by atoms with Crippen molar-refractivity contribution in [1.82, 2.24) is 5.32 Å². The van der Waals surface area contributed by atoms with E-state index in [0.717, 1.165) is 23.5 Å². The van der Waals surface area contributed by atoms with E-state index in [1.54, 1.807) is 7.11 Å². The molecule has 1 N–H and O–H groups in total. The Kier molecular flexibility index (Phi) is 6.48. The lowest BCUT2D eigenvalue weighted by Gasteiger charge is -2.22. The molecular weight excluding hydrogens is 288 g/mol. The molecule has 0 atom stereocenters.